The number of aromatic nitrogens is 2. The monoisotopic (exact) mass is 298 g/mol. The lowest BCUT2D eigenvalue weighted by Gasteiger charge is -2.05. The Morgan fingerprint density at radius 3 is 2.70 bits per heavy atom. The van der Waals surface area contributed by atoms with Crippen molar-refractivity contribution >= 4 is 16.8 Å². The summed E-state index contributed by atoms with van der Waals surface area (Å²) in [6.07, 6.45) is 2.22. The van der Waals surface area contributed by atoms with Crippen LogP contribution in [-0.2, 0) is 16.6 Å². The number of carboxylic acids is 1. The van der Waals surface area contributed by atoms with Crippen LogP contribution in [0, 0.1) is 11.6 Å². The number of carboxylic acid groups (broad SMARTS) is 1. The van der Waals surface area contributed by atoms with Gasteiger partial charge in [-0.15, -0.1) is 0 Å². The topological polar surface area (TPSA) is 80.2 Å². The van der Waals surface area contributed by atoms with Gasteiger partial charge >= 0.3 is 5.97 Å². The third-order valence-electron chi connectivity index (χ3n) is 2.45. The van der Waals surface area contributed by atoms with Crippen molar-refractivity contribution in [1.82, 2.24) is 9.97 Å². The van der Waals surface area contributed by atoms with Crippen molar-refractivity contribution in [3.63, 3.8) is 0 Å². The smallest absolute Gasteiger partial charge is 0.339 e. The molecule has 0 radical (unpaired) electrons. The molecule has 0 saturated carbocycles. The average Bonchev–Trinajstić information content (AvgIpc) is 2.42. The standard InChI is InChI=1S/C12H8F2N2O3S/c13-9-2-1-7(3-10(9)14)20(19)5-11-8(12(17)18)4-15-6-16-11/h1-4,6H,5H2,(H,17,18). The highest BCUT2D eigenvalue weighted by molar-refractivity contribution is 7.84. The number of rotatable bonds is 4. The van der Waals surface area contributed by atoms with Gasteiger partial charge in [0.15, 0.2) is 11.6 Å². The molecule has 1 atom stereocenters. The van der Waals surface area contributed by atoms with Crippen LogP contribution in [0.4, 0.5) is 8.78 Å². The lowest BCUT2D eigenvalue weighted by molar-refractivity contribution is 0.0695. The minimum atomic E-state index is -1.74. The van der Waals surface area contributed by atoms with E-state index in [4.69, 9.17) is 5.11 Å². The molecular formula is C12H8F2N2O3S. The summed E-state index contributed by atoms with van der Waals surface area (Å²) in [7, 11) is -1.74. The molecule has 0 aliphatic carbocycles. The summed E-state index contributed by atoms with van der Waals surface area (Å²) >= 11 is 0. The molecule has 1 aromatic heterocycles. The highest BCUT2D eigenvalue weighted by atomic mass is 32.2. The molecule has 1 N–H and O–H groups in total. The second kappa shape index (κ2) is 5.83. The van der Waals surface area contributed by atoms with E-state index in [1.54, 1.807) is 0 Å². The second-order valence-corrected chi connectivity index (χ2v) is 5.21. The van der Waals surface area contributed by atoms with Crippen molar-refractivity contribution in [1.29, 1.82) is 0 Å². The molecule has 1 unspecified atom stereocenters. The molecule has 0 aliphatic rings. The van der Waals surface area contributed by atoms with Gasteiger partial charge in [-0.2, -0.15) is 0 Å². The first-order valence-electron chi connectivity index (χ1n) is 5.34. The van der Waals surface area contributed by atoms with Crippen LogP contribution in [0.5, 0.6) is 0 Å². The van der Waals surface area contributed by atoms with Crippen molar-refractivity contribution in [2.75, 3.05) is 0 Å². The molecule has 8 heteroatoms. The molecule has 0 amide bonds. The SMILES string of the molecule is O=C(O)c1cncnc1CS(=O)c1ccc(F)c(F)c1. The first-order valence-corrected chi connectivity index (χ1v) is 6.66. The number of hydrogen-bond acceptors (Lipinski definition) is 4. The molecule has 5 nitrogen and oxygen atoms in total. The minimum absolute atomic E-state index is 0.0545. The Balaban J connectivity index is 2.28. The normalized spacial score (nSPS) is 12.1. The number of aromatic carboxylic acids is 1. The van der Waals surface area contributed by atoms with Gasteiger partial charge in [0.25, 0.3) is 0 Å². The van der Waals surface area contributed by atoms with Crippen molar-refractivity contribution in [2.24, 2.45) is 0 Å². The van der Waals surface area contributed by atoms with E-state index in [2.05, 4.69) is 9.97 Å². The Morgan fingerprint density at radius 1 is 1.30 bits per heavy atom. The van der Waals surface area contributed by atoms with Crippen LogP contribution in [0.1, 0.15) is 16.1 Å². The Labute approximate surface area is 114 Å². The van der Waals surface area contributed by atoms with Gasteiger partial charge in [-0.1, -0.05) is 0 Å². The fourth-order valence-electron chi connectivity index (χ4n) is 1.47. The third kappa shape index (κ3) is 3.02. The highest BCUT2D eigenvalue weighted by Gasteiger charge is 2.16. The molecule has 2 rings (SSSR count). The predicted molar refractivity (Wildman–Crippen MR) is 65.5 cm³/mol. The Kier molecular flexibility index (Phi) is 4.14. The van der Waals surface area contributed by atoms with Crippen LogP contribution < -0.4 is 0 Å². The summed E-state index contributed by atoms with van der Waals surface area (Å²) < 4.78 is 37.9. The first kappa shape index (κ1) is 14.2. The molecule has 1 aromatic carbocycles. The molecule has 0 fully saturated rings. The van der Waals surface area contributed by atoms with E-state index >= 15 is 0 Å². The number of carbonyl (C=O) groups is 1. The zero-order chi connectivity index (χ0) is 14.7. The van der Waals surface area contributed by atoms with Gasteiger partial charge in [0.05, 0.1) is 22.2 Å². The highest BCUT2D eigenvalue weighted by Crippen LogP contribution is 2.16. The van der Waals surface area contributed by atoms with Crippen molar-refractivity contribution in [3.8, 4) is 0 Å². The Morgan fingerprint density at radius 2 is 2.05 bits per heavy atom. The lowest BCUT2D eigenvalue weighted by Crippen LogP contribution is -2.08. The molecule has 0 bridgehead atoms. The molecule has 0 saturated heterocycles. The van der Waals surface area contributed by atoms with Gasteiger partial charge in [0.2, 0.25) is 0 Å². The zero-order valence-corrected chi connectivity index (χ0v) is 10.7. The van der Waals surface area contributed by atoms with E-state index in [0.717, 1.165) is 24.7 Å². The maximum atomic E-state index is 13.1. The van der Waals surface area contributed by atoms with Crippen LogP contribution in [0.3, 0.4) is 0 Å². The number of benzene rings is 1. The van der Waals surface area contributed by atoms with Gasteiger partial charge in [0.1, 0.15) is 11.9 Å². The van der Waals surface area contributed by atoms with Crippen LogP contribution >= 0.6 is 0 Å². The average molecular weight is 298 g/mol. The third-order valence-corrected chi connectivity index (χ3v) is 3.76. The summed E-state index contributed by atoms with van der Waals surface area (Å²) in [5, 5.41) is 8.94. The maximum absolute atomic E-state index is 13.1. The fourth-order valence-corrected chi connectivity index (χ4v) is 2.57. The van der Waals surface area contributed by atoms with Gasteiger partial charge < -0.3 is 5.11 Å². The summed E-state index contributed by atoms with van der Waals surface area (Å²) in [4.78, 5) is 18.3. The van der Waals surface area contributed by atoms with Crippen LogP contribution in [-0.4, -0.2) is 25.3 Å². The van der Waals surface area contributed by atoms with E-state index in [9.17, 15) is 17.8 Å². The zero-order valence-electron chi connectivity index (χ0n) is 9.92. The van der Waals surface area contributed by atoms with Gasteiger partial charge in [0, 0.05) is 11.1 Å². The number of nitrogens with zero attached hydrogens (tertiary/aromatic N) is 2. The van der Waals surface area contributed by atoms with E-state index in [-0.39, 0.29) is 21.9 Å². The minimum Gasteiger partial charge on any atom is -0.478 e. The largest absolute Gasteiger partial charge is 0.478 e. The molecular weight excluding hydrogens is 290 g/mol. The Bertz CT molecular complexity index is 694. The Hall–Kier alpha value is -2.22. The van der Waals surface area contributed by atoms with Crippen molar-refractivity contribution in [2.45, 2.75) is 10.6 Å². The summed E-state index contributed by atoms with van der Waals surface area (Å²) in [5.41, 5.74) is -0.112. The van der Waals surface area contributed by atoms with Crippen molar-refractivity contribution < 1.29 is 22.9 Å². The number of halogens is 2. The van der Waals surface area contributed by atoms with E-state index in [0.29, 0.717) is 0 Å². The summed E-state index contributed by atoms with van der Waals surface area (Å²) in [6, 6.07) is 2.85. The molecule has 0 aliphatic heterocycles. The molecule has 2 aromatic rings. The molecule has 20 heavy (non-hydrogen) atoms. The van der Waals surface area contributed by atoms with Crippen molar-refractivity contribution in [3.05, 3.63) is 53.6 Å². The molecule has 104 valence electrons. The van der Waals surface area contributed by atoms with E-state index in [1.165, 1.54) is 6.07 Å². The maximum Gasteiger partial charge on any atom is 0.339 e. The van der Waals surface area contributed by atoms with Gasteiger partial charge in [-0.3, -0.25) is 4.21 Å². The predicted octanol–water partition coefficient (Wildman–Crippen LogP) is 1.76. The van der Waals surface area contributed by atoms with Gasteiger partial charge in [-0.05, 0) is 18.2 Å². The van der Waals surface area contributed by atoms with E-state index in [1.807, 2.05) is 0 Å². The molecule has 1 heterocycles. The number of hydrogen-bond donors (Lipinski definition) is 1. The van der Waals surface area contributed by atoms with Crippen LogP contribution in [0.25, 0.3) is 0 Å². The fraction of sp³-hybridized carbons (Fsp3) is 0.0833. The lowest BCUT2D eigenvalue weighted by atomic mass is 10.2. The van der Waals surface area contributed by atoms with Crippen LogP contribution in [0.2, 0.25) is 0 Å². The van der Waals surface area contributed by atoms with E-state index < -0.39 is 28.4 Å². The van der Waals surface area contributed by atoms with Crippen LogP contribution in [0.15, 0.2) is 35.6 Å². The second-order valence-electron chi connectivity index (χ2n) is 3.75. The first-order chi connectivity index (χ1) is 9.49. The summed E-state index contributed by atoms with van der Waals surface area (Å²) in [5.74, 6) is -3.63. The molecule has 0 spiro atoms. The quantitative estimate of drug-likeness (QED) is 0.930. The summed E-state index contributed by atoms with van der Waals surface area (Å²) in [6.45, 7) is 0. The van der Waals surface area contributed by atoms with Gasteiger partial charge in [-0.25, -0.2) is 23.5 Å².